The molecule has 1 aliphatic rings. The summed E-state index contributed by atoms with van der Waals surface area (Å²) in [6, 6.07) is 15.0. The van der Waals surface area contributed by atoms with Crippen molar-refractivity contribution in [2.75, 3.05) is 0 Å². The zero-order valence-corrected chi connectivity index (χ0v) is 12.3. The predicted octanol–water partition coefficient (Wildman–Crippen LogP) is 2.63. The van der Waals surface area contributed by atoms with Gasteiger partial charge in [-0.2, -0.15) is 5.10 Å². The third kappa shape index (κ3) is 2.10. The molecule has 0 fully saturated rings. The molecule has 3 aromatic rings. The molecule has 22 heavy (non-hydrogen) atoms. The van der Waals surface area contributed by atoms with Crippen LogP contribution in [-0.4, -0.2) is 14.3 Å². The van der Waals surface area contributed by atoms with Crippen LogP contribution in [-0.2, 0) is 13.2 Å². The van der Waals surface area contributed by atoms with Gasteiger partial charge in [0.05, 0.1) is 12.2 Å². The Bertz CT molecular complexity index is 899. The van der Waals surface area contributed by atoms with Crippen molar-refractivity contribution < 1.29 is 4.74 Å². The van der Waals surface area contributed by atoms with E-state index in [2.05, 4.69) is 5.10 Å². The zero-order chi connectivity index (χ0) is 15.1. The molecule has 0 amide bonds. The third-order valence-electron chi connectivity index (χ3n) is 3.60. The summed E-state index contributed by atoms with van der Waals surface area (Å²) in [6.45, 7) is 0.696. The van der Waals surface area contributed by atoms with Crippen LogP contribution in [0.2, 0.25) is 5.02 Å². The topological polar surface area (TPSA) is 49.0 Å². The molecule has 0 radical (unpaired) electrons. The summed E-state index contributed by atoms with van der Waals surface area (Å²) in [5.41, 5.74) is 1.47. The first-order chi connectivity index (χ1) is 10.7. The van der Waals surface area contributed by atoms with E-state index in [1.165, 1.54) is 4.68 Å². The highest BCUT2D eigenvalue weighted by Crippen LogP contribution is 2.30. The maximum Gasteiger partial charge on any atom is 0.351 e. The number of fused-ring (bicyclic) bond motifs is 3. The van der Waals surface area contributed by atoms with Crippen LogP contribution in [0.15, 0.2) is 53.3 Å². The van der Waals surface area contributed by atoms with E-state index in [4.69, 9.17) is 16.3 Å². The molecule has 2 heterocycles. The third-order valence-corrected chi connectivity index (χ3v) is 3.84. The summed E-state index contributed by atoms with van der Waals surface area (Å²) in [6.07, 6.45) is 0. The van der Waals surface area contributed by atoms with Crippen molar-refractivity contribution in [3.8, 4) is 11.4 Å². The summed E-state index contributed by atoms with van der Waals surface area (Å²) in [5.74, 6) is 1.22. The number of rotatable bonds is 2. The molecule has 110 valence electrons. The lowest BCUT2D eigenvalue weighted by Crippen LogP contribution is -2.26. The second-order valence-electron chi connectivity index (χ2n) is 5.08. The maximum atomic E-state index is 12.7. The van der Waals surface area contributed by atoms with Gasteiger partial charge in [-0.1, -0.05) is 41.9 Å². The smallest absolute Gasteiger partial charge is 0.351 e. The van der Waals surface area contributed by atoms with Crippen LogP contribution in [0.4, 0.5) is 0 Å². The van der Waals surface area contributed by atoms with Crippen LogP contribution in [0.1, 0.15) is 11.4 Å². The van der Waals surface area contributed by atoms with E-state index >= 15 is 0 Å². The first-order valence-electron chi connectivity index (χ1n) is 6.88. The number of nitrogens with zero attached hydrogens (tertiary/aromatic N) is 3. The SMILES string of the molecule is O=c1n(Cc2ccccc2)nc2n1-c1cc(Cl)ccc1OC2. The highest BCUT2D eigenvalue weighted by molar-refractivity contribution is 6.30. The Hall–Kier alpha value is -2.53. The molecule has 1 aliphatic heterocycles. The van der Waals surface area contributed by atoms with Gasteiger partial charge in [0.1, 0.15) is 12.4 Å². The highest BCUT2D eigenvalue weighted by atomic mass is 35.5. The van der Waals surface area contributed by atoms with Crippen molar-refractivity contribution in [3.05, 3.63) is 75.4 Å². The lowest BCUT2D eigenvalue weighted by Gasteiger charge is -2.17. The molecule has 2 aromatic carbocycles. The van der Waals surface area contributed by atoms with Gasteiger partial charge in [-0.05, 0) is 23.8 Å². The molecule has 6 heteroatoms. The average Bonchev–Trinajstić information content (AvgIpc) is 2.85. The second kappa shape index (κ2) is 5.03. The largest absolute Gasteiger partial charge is 0.483 e. The van der Waals surface area contributed by atoms with E-state index < -0.39 is 0 Å². The minimum absolute atomic E-state index is 0.189. The van der Waals surface area contributed by atoms with Gasteiger partial charge in [-0.25, -0.2) is 14.0 Å². The molecule has 0 aliphatic carbocycles. The van der Waals surface area contributed by atoms with Crippen molar-refractivity contribution in [2.45, 2.75) is 13.2 Å². The Morgan fingerprint density at radius 3 is 2.82 bits per heavy atom. The second-order valence-corrected chi connectivity index (χ2v) is 5.51. The van der Waals surface area contributed by atoms with Gasteiger partial charge in [0.15, 0.2) is 5.82 Å². The number of ether oxygens (including phenoxy) is 1. The molecule has 0 saturated heterocycles. The zero-order valence-electron chi connectivity index (χ0n) is 11.6. The molecule has 0 bridgehead atoms. The van der Waals surface area contributed by atoms with Gasteiger partial charge < -0.3 is 4.74 Å². The van der Waals surface area contributed by atoms with Crippen LogP contribution in [0.3, 0.4) is 0 Å². The standard InChI is InChI=1S/C16H12ClN3O2/c17-12-6-7-14-13(8-12)20-15(10-22-14)18-19(16(20)21)9-11-4-2-1-3-5-11/h1-8H,9-10H2. The lowest BCUT2D eigenvalue weighted by molar-refractivity contribution is 0.278. The van der Waals surface area contributed by atoms with Crippen LogP contribution in [0.25, 0.3) is 5.69 Å². The summed E-state index contributed by atoms with van der Waals surface area (Å²) in [5, 5.41) is 4.93. The van der Waals surface area contributed by atoms with Gasteiger partial charge in [-0.15, -0.1) is 0 Å². The van der Waals surface area contributed by atoms with Gasteiger partial charge in [-0.3, -0.25) is 0 Å². The van der Waals surface area contributed by atoms with Crippen LogP contribution in [0.5, 0.6) is 5.75 Å². The average molecular weight is 314 g/mol. The minimum atomic E-state index is -0.189. The van der Waals surface area contributed by atoms with Gasteiger partial charge in [0, 0.05) is 5.02 Å². The molecule has 0 saturated carbocycles. The molecule has 0 atom stereocenters. The van der Waals surface area contributed by atoms with E-state index in [-0.39, 0.29) is 12.3 Å². The number of benzene rings is 2. The van der Waals surface area contributed by atoms with E-state index in [0.717, 1.165) is 5.56 Å². The Kier molecular flexibility index (Phi) is 3.01. The highest BCUT2D eigenvalue weighted by Gasteiger charge is 2.23. The summed E-state index contributed by atoms with van der Waals surface area (Å²) >= 11 is 6.03. The van der Waals surface area contributed by atoms with Crippen LogP contribution < -0.4 is 10.4 Å². The van der Waals surface area contributed by atoms with E-state index in [1.807, 2.05) is 30.3 Å². The van der Waals surface area contributed by atoms with Gasteiger partial charge in [0.25, 0.3) is 0 Å². The number of hydrogen-bond acceptors (Lipinski definition) is 3. The van der Waals surface area contributed by atoms with Crippen LogP contribution >= 0.6 is 11.6 Å². The van der Waals surface area contributed by atoms with Crippen molar-refractivity contribution in [1.29, 1.82) is 0 Å². The van der Waals surface area contributed by atoms with E-state index in [0.29, 0.717) is 28.8 Å². The Morgan fingerprint density at radius 1 is 1.18 bits per heavy atom. The normalized spacial score (nSPS) is 12.4. The van der Waals surface area contributed by atoms with Crippen molar-refractivity contribution >= 4 is 11.6 Å². The first kappa shape index (κ1) is 13.2. The fourth-order valence-corrected chi connectivity index (χ4v) is 2.74. The Balaban J connectivity index is 1.82. The number of halogens is 1. The summed E-state index contributed by atoms with van der Waals surface area (Å²) in [4.78, 5) is 12.7. The van der Waals surface area contributed by atoms with Gasteiger partial charge >= 0.3 is 5.69 Å². The first-order valence-corrected chi connectivity index (χ1v) is 7.25. The molecule has 0 N–H and O–H groups in total. The predicted molar refractivity (Wildman–Crippen MR) is 82.7 cm³/mol. The van der Waals surface area contributed by atoms with Crippen LogP contribution in [0, 0.1) is 0 Å². The summed E-state index contributed by atoms with van der Waals surface area (Å²) < 4.78 is 8.64. The molecule has 5 nitrogen and oxygen atoms in total. The molecular formula is C16H12ClN3O2. The Morgan fingerprint density at radius 2 is 2.00 bits per heavy atom. The van der Waals surface area contributed by atoms with Gasteiger partial charge in [0.2, 0.25) is 0 Å². The lowest BCUT2D eigenvalue weighted by atomic mass is 10.2. The Labute approximate surface area is 131 Å². The maximum absolute atomic E-state index is 12.7. The van der Waals surface area contributed by atoms with E-state index in [1.54, 1.807) is 22.8 Å². The van der Waals surface area contributed by atoms with Crippen molar-refractivity contribution in [2.24, 2.45) is 0 Å². The molecule has 0 unspecified atom stereocenters. The summed E-state index contributed by atoms with van der Waals surface area (Å²) in [7, 11) is 0. The molecule has 0 spiro atoms. The molecular weight excluding hydrogens is 302 g/mol. The molecule has 1 aromatic heterocycles. The quantitative estimate of drug-likeness (QED) is 0.731. The monoisotopic (exact) mass is 313 g/mol. The van der Waals surface area contributed by atoms with Crippen molar-refractivity contribution in [1.82, 2.24) is 14.3 Å². The number of aromatic nitrogens is 3. The molecule has 4 rings (SSSR count). The van der Waals surface area contributed by atoms with E-state index in [9.17, 15) is 4.79 Å². The number of hydrogen-bond donors (Lipinski definition) is 0. The fraction of sp³-hybridized carbons (Fsp3) is 0.125. The van der Waals surface area contributed by atoms with Crippen molar-refractivity contribution in [3.63, 3.8) is 0 Å². The fourth-order valence-electron chi connectivity index (χ4n) is 2.58. The minimum Gasteiger partial charge on any atom is -0.483 e.